The normalized spacial score (nSPS) is 30.9. The van der Waals surface area contributed by atoms with Gasteiger partial charge in [-0.2, -0.15) is 0 Å². The molecule has 2 atom stereocenters. The monoisotopic (exact) mass is 145 g/mol. The van der Waals surface area contributed by atoms with E-state index in [4.69, 9.17) is 4.74 Å². The SMILES string of the molecule is C1=C[C@H]2O[C@H]2c2ncccc21. The Labute approximate surface area is 64.5 Å². The van der Waals surface area contributed by atoms with Gasteiger partial charge in [0.1, 0.15) is 12.2 Å². The molecule has 0 spiro atoms. The molecule has 0 N–H and O–H groups in total. The summed E-state index contributed by atoms with van der Waals surface area (Å²) in [5.41, 5.74) is 2.30. The molecule has 2 nitrogen and oxygen atoms in total. The molecule has 1 saturated heterocycles. The Bertz CT molecular complexity index is 332. The second kappa shape index (κ2) is 1.71. The molecule has 1 aliphatic carbocycles. The van der Waals surface area contributed by atoms with Gasteiger partial charge in [0.15, 0.2) is 0 Å². The van der Waals surface area contributed by atoms with Crippen LogP contribution in [0.25, 0.3) is 6.08 Å². The van der Waals surface area contributed by atoms with Crippen molar-refractivity contribution in [3.63, 3.8) is 0 Å². The maximum Gasteiger partial charge on any atom is 0.131 e. The Hall–Kier alpha value is -1.15. The summed E-state index contributed by atoms with van der Waals surface area (Å²) >= 11 is 0. The number of hydrogen-bond acceptors (Lipinski definition) is 2. The molecule has 0 aromatic carbocycles. The van der Waals surface area contributed by atoms with E-state index in [1.54, 1.807) is 0 Å². The molecule has 0 bridgehead atoms. The number of epoxide rings is 1. The number of fused-ring (bicyclic) bond motifs is 3. The van der Waals surface area contributed by atoms with Gasteiger partial charge in [0.2, 0.25) is 0 Å². The second-order valence-electron chi connectivity index (χ2n) is 2.86. The van der Waals surface area contributed by atoms with E-state index >= 15 is 0 Å². The molecule has 3 rings (SSSR count). The van der Waals surface area contributed by atoms with Crippen LogP contribution < -0.4 is 0 Å². The third-order valence-electron chi connectivity index (χ3n) is 2.13. The topological polar surface area (TPSA) is 25.4 Å². The van der Waals surface area contributed by atoms with Crippen molar-refractivity contribution in [3.05, 3.63) is 35.7 Å². The summed E-state index contributed by atoms with van der Waals surface area (Å²) in [6.07, 6.45) is 6.57. The van der Waals surface area contributed by atoms with Crippen LogP contribution in [0.4, 0.5) is 0 Å². The van der Waals surface area contributed by atoms with Crippen LogP contribution in [-0.4, -0.2) is 11.1 Å². The van der Waals surface area contributed by atoms with E-state index in [0.29, 0.717) is 6.10 Å². The van der Waals surface area contributed by atoms with Gasteiger partial charge in [-0.1, -0.05) is 18.2 Å². The van der Waals surface area contributed by atoms with Gasteiger partial charge in [-0.3, -0.25) is 4.98 Å². The lowest BCUT2D eigenvalue weighted by atomic mass is 10.0. The Balaban J connectivity index is 2.24. The summed E-state index contributed by atoms with van der Waals surface area (Å²) in [5, 5.41) is 0. The number of aromatic nitrogens is 1. The van der Waals surface area contributed by atoms with Gasteiger partial charge >= 0.3 is 0 Å². The van der Waals surface area contributed by atoms with E-state index in [1.807, 2.05) is 12.3 Å². The van der Waals surface area contributed by atoms with Gasteiger partial charge in [-0.15, -0.1) is 0 Å². The minimum atomic E-state index is 0.260. The van der Waals surface area contributed by atoms with Crippen molar-refractivity contribution in [2.24, 2.45) is 0 Å². The fourth-order valence-electron chi connectivity index (χ4n) is 1.50. The summed E-state index contributed by atoms with van der Waals surface area (Å²) in [4.78, 5) is 4.27. The van der Waals surface area contributed by atoms with Crippen molar-refractivity contribution in [3.8, 4) is 0 Å². The van der Waals surface area contributed by atoms with Crippen LogP contribution in [0, 0.1) is 0 Å². The molecular formula is C9H7NO. The standard InChI is InChI=1S/C9H7NO/c1-2-6-3-4-7-9(11-7)8(6)10-5-1/h1-5,7,9H/t7-,9-/m1/s1. The fraction of sp³-hybridized carbons (Fsp3) is 0.222. The largest absolute Gasteiger partial charge is 0.358 e. The van der Waals surface area contributed by atoms with Crippen LogP contribution in [0.3, 0.4) is 0 Å². The third-order valence-corrected chi connectivity index (χ3v) is 2.13. The molecular weight excluding hydrogens is 138 g/mol. The Morgan fingerprint density at radius 3 is 3.45 bits per heavy atom. The first kappa shape index (κ1) is 5.49. The summed E-state index contributed by atoms with van der Waals surface area (Å²) in [5.74, 6) is 0. The number of hydrogen-bond donors (Lipinski definition) is 0. The molecule has 11 heavy (non-hydrogen) atoms. The van der Waals surface area contributed by atoms with Crippen molar-refractivity contribution in [2.75, 3.05) is 0 Å². The van der Waals surface area contributed by atoms with E-state index in [0.717, 1.165) is 5.69 Å². The fourth-order valence-corrected chi connectivity index (χ4v) is 1.50. The minimum absolute atomic E-state index is 0.260. The number of ether oxygens (including phenoxy) is 1. The van der Waals surface area contributed by atoms with E-state index in [1.165, 1.54) is 5.56 Å². The molecule has 0 unspecified atom stereocenters. The molecule has 0 amide bonds. The summed E-state index contributed by atoms with van der Waals surface area (Å²) in [6, 6.07) is 4.02. The van der Waals surface area contributed by atoms with Gasteiger partial charge in [0, 0.05) is 6.20 Å². The second-order valence-corrected chi connectivity index (χ2v) is 2.86. The van der Waals surface area contributed by atoms with Crippen molar-refractivity contribution >= 4 is 6.08 Å². The van der Waals surface area contributed by atoms with Crippen LogP contribution in [-0.2, 0) is 4.74 Å². The highest BCUT2D eigenvalue weighted by Crippen LogP contribution is 2.43. The lowest BCUT2D eigenvalue weighted by Gasteiger charge is -2.02. The molecule has 0 radical (unpaired) electrons. The maximum atomic E-state index is 5.35. The van der Waals surface area contributed by atoms with Gasteiger partial charge in [-0.25, -0.2) is 0 Å². The van der Waals surface area contributed by atoms with Crippen molar-refractivity contribution in [1.29, 1.82) is 0 Å². The van der Waals surface area contributed by atoms with E-state index in [2.05, 4.69) is 23.2 Å². The molecule has 1 aromatic rings. The highest BCUT2D eigenvalue weighted by atomic mass is 16.6. The molecule has 2 aliphatic rings. The first-order valence-corrected chi connectivity index (χ1v) is 3.74. The Morgan fingerprint density at radius 1 is 1.45 bits per heavy atom. The van der Waals surface area contributed by atoms with Crippen molar-refractivity contribution in [2.45, 2.75) is 12.2 Å². The molecule has 54 valence electrons. The summed E-state index contributed by atoms with van der Waals surface area (Å²) < 4.78 is 5.35. The molecule has 1 aromatic heterocycles. The van der Waals surface area contributed by atoms with Crippen LogP contribution in [0.5, 0.6) is 0 Å². The van der Waals surface area contributed by atoms with E-state index in [-0.39, 0.29) is 6.10 Å². The summed E-state index contributed by atoms with van der Waals surface area (Å²) in [7, 11) is 0. The smallest absolute Gasteiger partial charge is 0.131 e. The Morgan fingerprint density at radius 2 is 2.45 bits per heavy atom. The molecule has 0 saturated carbocycles. The quantitative estimate of drug-likeness (QED) is 0.517. The van der Waals surface area contributed by atoms with Crippen molar-refractivity contribution < 1.29 is 4.74 Å². The van der Waals surface area contributed by atoms with Crippen LogP contribution >= 0.6 is 0 Å². The average molecular weight is 145 g/mol. The lowest BCUT2D eigenvalue weighted by Crippen LogP contribution is -1.97. The van der Waals surface area contributed by atoms with Crippen molar-refractivity contribution in [1.82, 2.24) is 4.98 Å². The zero-order valence-electron chi connectivity index (χ0n) is 5.90. The van der Waals surface area contributed by atoms with E-state index < -0.39 is 0 Å². The highest BCUT2D eigenvalue weighted by Gasteiger charge is 2.42. The highest BCUT2D eigenvalue weighted by molar-refractivity contribution is 5.57. The molecule has 2 heterocycles. The molecule has 1 fully saturated rings. The average Bonchev–Trinajstić information content (AvgIpc) is 2.83. The lowest BCUT2D eigenvalue weighted by molar-refractivity contribution is 0.392. The third kappa shape index (κ3) is 0.672. The number of nitrogens with zero attached hydrogens (tertiary/aromatic N) is 1. The van der Waals surface area contributed by atoms with Gasteiger partial charge in [0.05, 0.1) is 5.69 Å². The molecule has 2 heteroatoms. The van der Waals surface area contributed by atoms with Crippen LogP contribution in [0.2, 0.25) is 0 Å². The first-order chi connectivity index (χ1) is 5.45. The predicted molar refractivity (Wildman–Crippen MR) is 40.9 cm³/mol. The minimum Gasteiger partial charge on any atom is -0.358 e. The van der Waals surface area contributed by atoms with E-state index in [9.17, 15) is 0 Å². The predicted octanol–water partition coefficient (Wildman–Crippen LogP) is 1.55. The zero-order chi connectivity index (χ0) is 7.26. The maximum absolute atomic E-state index is 5.35. The Kier molecular flexibility index (Phi) is 0.855. The summed E-state index contributed by atoms with van der Waals surface area (Å²) in [6.45, 7) is 0. The zero-order valence-corrected chi connectivity index (χ0v) is 5.90. The molecule has 1 aliphatic heterocycles. The van der Waals surface area contributed by atoms with Gasteiger partial charge in [-0.05, 0) is 11.6 Å². The van der Waals surface area contributed by atoms with Gasteiger partial charge < -0.3 is 4.74 Å². The van der Waals surface area contributed by atoms with Gasteiger partial charge in [0.25, 0.3) is 0 Å². The number of rotatable bonds is 0. The van der Waals surface area contributed by atoms with Crippen LogP contribution in [0.15, 0.2) is 24.4 Å². The van der Waals surface area contributed by atoms with Crippen LogP contribution in [0.1, 0.15) is 17.4 Å². The first-order valence-electron chi connectivity index (χ1n) is 3.74. The number of pyridine rings is 1.